The van der Waals surface area contributed by atoms with Gasteiger partial charge >= 0.3 is 5.97 Å². The van der Waals surface area contributed by atoms with Gasteiger partial charge in [-0.2, -0.15) is 0 Å². The summed E-state index contributed by atoms with van der Waals surface area (Å²) in [7, 11) is 0. The molecule has 1 aromatic carbocycles. The van der Waals surface area contributed by atoms with Crippen molar-refractivity contribution in [3.05, 3.63) is 35.4 Å². The van der Waals surface area contributed by atoms with Crippen LogP contribution in [0.25, 0.3) is 0 Å². The molecule has 6 nitrogen and oxygen atoms in total. The minimum absolute atomic E-state index is 0.117. The molecular formula is C14H16N2O4S. The highest BCUT2D eigenvalue weighted by Crippen LogP contribution is 2.23. The number of carboxylic acid groups (broad SMARTS) is 1. The molecule has 2 rings (SSSR count). The summed E-state index contributed by atoms with van der Waals surface area (Å²) in [5, 5.41) is 11.8. The second-order valence-corrected chi connectivity index (χ2v) is 5.74. The van der Waals surface area contributed by atoms with Crippen LogP contribution in [0.15, 0.2) is 24.3 Å². The third kappa shape index (κ3) is 3.75. The minimum atomic E-state index is -0.976. The van der Waals surface area contributed by atoms with Crippen molar-refractivity contribution in [2.45, 2.75) is 19.5 Å². The summed E-state index contributed by atoms with van der Waals surface area (Å²) in [5.41, 5.74) is 1.34. The summed E-state index contributed by atoms with van der Waals surface area (Å²) in [6, 6.07) is 6.05. The monoisotopic (exact) mass is 308 g/mol. The number of benzene rings is 1. The van der Waals surface area contributed by atoms with Crippen LogP contribution in [0, 0.1) is 0 Å². The molecule has 0 bridgehead atoms. The van der Waals surface area contributed by atoms with E-state index in [-0.39, 0.29) is 11.8 Å². The van der Waals surface area contributed by atoms with Crippen molar-refractivity contribution >= 4 is 29.5 Å². The maximum Gasteiger partial charge on any atom is 0.327 e. The second-order valence-electron chi connectivity index (χ2n) is 4.74. The zero-order valence-corrected chi connectivity index (χ0v) is 12.4. The Morgan fingerprint density at radius 2 is 2.00 bits per heavy atom. The quantitative estimate of drug-likeness (QED) is 0.864. The molecule has 7 heteroatoms. The number of carbonyl (C=O) groups is 3. The second kappa shape index (κ2) is 6.62. The fraction of sp³-hybridized carbons (Fsp3) is 0.357. The summed E-state index contributed by atoms with van der Waals surface area (Å²) < 4.78 is 0. The molecule has 0 saturated carbocycles. The van der Waals surface area contributed by atoms with Gasteiger partial charge in [-0.25, -0.2) is 4.79 Å². The number of rotatable bonds is 4. The van der Waals surface area contributed by atoms with Crippen molar-refractivity contribution in [2.75, 3.05) is 11.6 Å². The number of amides is 2. The highest BCUT2D eigenvalue weighted by molar-refractivity contribution is 7.99. The van der Waals surface area contributed by atoms with Gasteiger partial charge in [0.1, 0.15) is 6.04 Å². The number of carboxylic acids is 1. The molecule has 1 aliphatic rings. The number of nitrogens with one attached hydrogen (secondary N) is 1. The Hall–Kier alpha value is -2.02. The van der Waals surface area contributed by atoms with Crippen molar-refractivity contribution < 1.29 is 19.5 Å². The van der Waals surface area contributed by atoms with Gasteiger partial charge in [0, 0.05) is 24.8 Å². The van der Waals surface area contributed by atoms with E-state index in [0.717, 1.165) is 5.56 Å². The Morgan fingerprint density at radius 1 is 1.33 bits per heavy atom. The first-order valence-electron chi connectivity index (χ1n) is 6.44. The molecule has 2 amide bonds. The van der Waals surface area contributed by atoms with E-state index in [1.807, 2.05) is 0 Å². The van der Waals surface area contributed by atoms with Gasteiger partial charge in [-0.15, -0.1) is 11.8 Å². The summed E-state index contributed by atoms with van der Waals surface area (Å²) in [4.78, 5) is 35.6. The molecule has 0 radical (unpaired) electrons. The van der Waals surface area contributed by atoms with Crippen LogP contribution in [0.5, 0.6) is 0 Å². The van der Waals surface area contributed by atoms with Crippen LogP contribution < -0.4 is 5.32 Å². The molecule has 112 valence electrons. The highest BCUT2D eigenvalue weighted by Gasteiger charge is 2.34. The van der Waals surface area contributed by atoms with Crippen LogP contribution in [0.1, 0.15) is 22.8 Å². The van der Waals surface area contributed by atoms with Gasteiger partial charge in [-0.3, -0.25) is 9.59 Å². The lowest BCUT2D eigenvalue weighted by molar-refractivity contribution is -0.140. The lowest BCUT2D eigenvalue weighted by Gasteiger charge is -2.20. The summed E-state index contributed by atoms with van der Waals surface area (Å²) >= 11 is 1.43. The largest absolute Gasteiger partial charge is 0.480 e. The predicted octanol–water partition coefficient (Wildman–Crippen LogP) is 0.922. The molecular weight excluding hydrogens is 292 g/mol. The van der Waals surface area contributed by atoms with Gasteiger partial charge < -0.3 is 15.3 Å². The maximum absolute atomic E-state index is 12.3. The van der Waals surface area contributed by atoms with E-state index in [0.29, 0.717) is 23.7 Å². The zero-order chi connectivity index (χ0) is 15.4. The van der Waals surface area contributed by atoms with Crippen LogP contribution in [0.4, 0.5) is 0 Å². The molecule has 0 unspecified atom stereocenters. The minimum Gasteiger partial charge on any atom is -0.480 e. The fourth-order valence-corrected chi connectivity index (χ4v) is 3.15. The molecule has 1 fully saturated rings. The molecule has 0 aromatic heterocycles. The van der Waals surface area contributed by atoms with Crippen LogP contribution >= 0.6 is 11.8 Å². The van der Waals surface area contributed by atoms with E-state index in [9.17, 15) is 14.4 Å². The van der Waals surface area contributed by atoms with Crippen molar-refractivity contribution in [1.29, 1.82) is 0 Å². The Balaban J connectivity index is 2.06. The smallest absolute Gasteiger partial charge is 0.327 e. The first-order valence-corrected chi connectivity index (χ1v) is 7.59. The lowest BCUT2D eigenvalue weighted by Crippen LogP contribution is -2.41. The van der Waals surface area contributed by atoms with Gasteiger partial charge in [0.15, 0.2) is 0 Å². The van der Waals surface area contributed by atoms with E-state index < -0.39 is 12.0 Å². The number of carbonyl (C=O) groups excluding carboxylic acids is 2. The Bertz CT molecular complexity index is 559. The fourth-order valence-electron chi connectivity index (χ4n) is 2.00. The van der Waals surface area contributed by atoms with E-state index in [1.54, 1.807) is 24.3 Å². The molecule has 21 heavy (non-hydrogen) atoms. The van der Waals surface area contributed by atoms with Gasteiger partial charge in [-0.1, -0.05) is 12.1 Å². The molecule has 0 aliphatic carbocycles. The number of hydrogen-bond donors (Lipinski definition) is 2. The van der Waals surface area contributed by atoms with Gasteiger partial charge in [0.05, 0.1) is 5.88 Å². The summed E-state index contributed by atoms with van der Waals surface area (Å²) in [5.74, 6) is -0.562. The molecule has 1 atom stereocenters. The molecule has 1 aliphatic heterocycles. The molecule has 1 heterocycles. The SMILES string of the molecule is CC(=O)NCc1ccc(C(=O)N2CSC[C@H]2C(=O)O)cc1. The number of hydrogen-bond acceptors (Lipinski definition) is 4. The van der Waals surface area contributed by atoms with Crippen molar-refractivity contribution in [3.8, 4) is 0 Å². The van der Waals surface area contributed by atoms with E-state index >= 15 is 0 Å². The van der Waals surface area contributed by atoms with Gasteiger partial charge in [0.2, 0.25) is 5.91 Å². The standard InChI is InChI=1S/C14H16N2O4S/c1-9(17)15-6-10-2-4-11(5-3-10)13(18)16-8-21-7-12(16)14(19)20/h2-5,12H,6-8H2,1H3,(H,15,17)(H,19,20)/t12-/m0/s1. The van der Waals surface area contributed by atoms with Gasteiger partial charge in [-0.05, 0) is 17.7 Å². The normalized spacial score (nSPS) is 17.6. The Kier molecular flexibility index (Phi) is 4.85. The average molecular weight is 308 g/mol. The maximum atomic E-state index is 12.3. The van der Waals surface area contributed by atoms with Crippen LogP contribution in [0.2, 0.25) is 0 Å². The molecule has 1 saturated heterocycles. The molecule has 1 aromatic rings. The third-order valence-electron chi connectivity index (χ3n) is 3.17. The third-order valence-corrected chi connectivity index (χ3v) is 4.18. The summed E-state index contributed by atoms with van der Waals surface area (Å²) in [6.45, 7) is 1.84. The average Bonchev–Trinajstić information content (AvgIpc) is 2.94. The molecule has 2 N–H and O–H groups in total. The number of nitrogens with zero attached hydrogens (tertiary/aromatic N) is 1. The summed E-state index contributed by atoms with van der Waals surface area (Å²) in [6.07, 6.45) is 0. The zero-order valence-electron chi connectivity index (χ0n) is 11.5. The van der Waals surface area contributed by atoms with E-state index in [1.165, 1.54) is 23.6 Å². The lowest BCUT2D eigenvalue weighted by atomic mass is 10.1. The van der Waals surface area contributed by atoms with Crippen LogP contribution in [0.3, 0.4) is 0 Å². The number of thioether (sulfide) groups is 1. The Morgan fingerprint density at radius 3 is 2.57 bits per heavy atom. The van der Waals surface area contributed by atoms with Crippen molar-refractivity contribution in [3.63, 3.8) is 0 Å². The predicted molar refractivity (Wildman–Crippen MR) is 78.9 cm³/mol. The van der Waals surface area contributed by atoms with Gasteiger partial charge in [0.25, 0.3) is 5.91 Å². The topological polar surface area (TPSA) is 86.7 Å². The van der Waals surface area contributed by atoms with Crippen molar-refractivity contribution in [2.24, 2.45) is 0 Å². The van der Waals surface area contributed by atoms with Crippen LogP contribution in [-0.2, 0) is 16.1 Å². The van der Waals surface area contributed by atoms with E-state index in [4.69, 9.17) is 5.11 Å². The first-order chi connectivity index (χ1) is 9.99. The van der Waals surface area contributed by atoms with Crippen molar-refractivity contribution in [1.82, 2.24) is 10.2 Å². The van der Waals surface area contributed by atoms with E-state index in [2.05, 4.69) is 5.32 Å². The number of aliphatic carboxylic acids is 1. The van der Waals surface area contributed by atoms with Crippen LogP contribution in [-0.4, -0.2) is 45.5 Å². The first kappa shape index (κ1) is 15.4. The Labute approximate surface area is 126 Å². The molecule has 0 spiro atoms. The highest BCUT2D eigenvalue weighted by atomic mass is 32.2.